The van der Waals surface area contributed by atoms with Gasteiger partial charge in [-0.2, -0.15) is 0 Å². The van der Waals surface area contributed by atoms with E-state index in [1.54, 1.807) is 6.20 Å². The number of hydrogen-bond acceptors (Lipinski definition) is 4. The SMILES string of the molecule is Cc1ccc(N(C)CCc2ccccn2)c(/C(N)=N/O)c1. The average molecular weight is 284 g/mol. The van der Waals surface area contributed by atoms with E-state index in [2.05, 4.69) is 15.0 Å². The van der Waals surface area contributed by atoms with Gasteiger partial charge in [0.15, 0.2) is 5.84 Å². The van der Waals surface area contributed by atoms with Crippen molar-refractivity contribution in [3.63, 3.8) is 0 Å². The Bertz CT molecular complexity index is 625. The molecule has 5 heteroatoms. The van der Waals surface area contributed by atoms with Crippen LogP contribution in [0.2, 0.25) is 0 Å². The molecule has 0 spiro atoms. The number of oxime groups is 1. The van der Waals surface area contributed by atoms with Crippen LogP contribution < -0.4 is 10.6 Å². The fraction of sp³-hybridized carbons (Fsp3) is 0.250. The first-order valence-corrected chi connectivity index (χ1v) is 6.81. The van der Waals surface area contributed by atoms with Crippen molar-refractivity contribution in [3.8, 4) is 0 Å². The van der Waals surface area contributed by atoms with E-state index in [1.165, 1.54) is 0 Å². The number of pyridine rings is 1. The summed E-state index contributed by atoms with van der Waals surface area (Å²) < 4.78 is 0. The summed E-state index contributed by atoms with van der Waals surface area (Å²) in [4.78, 5) is 6.40. The zero-order chi connectivity index (χ0) is 15.2. The number of benzene rings is 1. The molecule has 0 aliphatic heterocycles. The highest BCUT2D eigenvalue weighted by Gasteiger charge is 2.11. The third-order valence-corrected chi connectivity index (χ3v) is 3.38. The lowest BCUT2D eigenvalue weighted by atomic mass is 10.1. The summed E-state index contributed by atoms with van der Waals surface area (Å²) in [6.45, 7) is 2.78. The molecule has 110 valence electrons. The number of amidine groups is 1. The van der Waals surface area contributed by atoms with E-state index in [1.807, 2.05) is 50.4 Å². The first-order valence-electron chi connectivity index (χ1n) is 6.81. The molecule has 1 aromatic heterocycles. The molecule has 0 aliphatic rings. The second-order valence-corrected chi connectivity index (χ2v) is 5.00. The van der Waals surface area contributed by atoms with Crippen LogP contribution in [0.15, 0.2) is 47.8 Å². The number of aromatic nitrogens is 1. The standard InChI is InChI=1S/C16H20N4O/c1-12-6-7-15(14(11-12)16(17)19-21)20(2)10-8-13-5-3-4-9-18-13/h3-7,9,11,21H,8,10H2,1-2H3,(H2,17,19). The Hall–Kier alpha value is -2.56. The summed E-state index contributed by atoms with van der Waals surface area (Å²) in [6.07, 6.45) is 2.63. The molecule has 0 aliphatic carbocycles. The molecule has 1 aromatic carbocycles. The lowest BCUT2D eigenvalue weighted by Gasteiger charge is -2.22. The molecule has 2 aromatic rings. The molecule has 0 amide bonds. The molecule has 5 nitrogen and oxygen atoms in total. The van der Waals surface area contributed by atoms with E-state index in [4.69, 9.17) is 10.9 Å². The molecule has 0 atom stereocenters. The fourth-order valence-electron chi connectivity index (χ4n) is 2.19. The number of hydrogen-bond donors (Lipinski definition) is 2. The first-order chi connectivity index (χ1) is 10.1. The Kier molecular flexibility index (Phi) is 4.77. The van der Waals surface area contributed by atoms with Crippen LogP contribution in [0.25, 0.3) is 0 Å². The zero-order valence-electron chi connectivity index (χ0n) is 12.3. The van der Waals surface area contributed by atoms with Gasteiger partial charge in [0.05, 0.1) is 0 Å². The predicted molar refractivity (Wildman–Crippen MR) is 84.9 cm³/mol. The molecule has 3 N–H and O–H groups in total. The lowest BCUT2D eigenvalue weighted by molar-refractivity contribution is 0.318. The number of nitrogens with zero attached hydrogens (tertiary/aromatic N) is 3. The van der Waals surface area contributed by atoms with Crippen molar-refractivity contribution in [3.05, 3.63) is 59.4 Å². The largest absolute Gasteiger partial charge is 0.409 e. The van der Waals surface area contributed by atoms with E-state index in [9.17, 15) is 0 Å². The summed E-state index contributed by atoms with van der Waals surface area (Å²) in [5, 5.41) is 12.0. The summed E-state index contributed by atoms with van der Waals surface area (Å²) in [5.41, 5.74) is 9.56. The Morgan fingerprint density at radius 2 is 2.14 bits per heavy atom. The van der Waals surface area contributed by atoms with Crippen molar-refractivity contribution in [2.45, 2.75) is 13.3 Å². The van der Waals surface area contributed by atoms with Gasteiger partial charge in [-0.25, -0.2) is 0 Å². The van der Waals surface area contributed by atoms with Crippen LogP contribution in [-0.4, -0.2) is 29.6 Å². The molecular formula is C16H20N4O. The van der Waals surface area contributed by atoms with Crippen LogP contribution in [0, 0.1) is 6.92 Å². The van der Waals surface area contributed by atoms with Gasteiger partial charge >= 0.3 is 0 Å². The molecule has 1 heterocycles. The third kappa shape index (κ3) is 3.72. The molecule has 21 heavy (non-hydrogen) atoms. The van der Waals surface area contributed by atoms with Crippen molar-refractivity contribution in [1.29, 1.82) is 0 Å². The number of nitrogens with two attached hydrogens (primary N) is 1. The van der Waals surface area contributed by atoms with Crippen molar-refractivity contribution in [2.24, 2.45) is 10.9 Å². The summed E-state index contributed by atoms with van der Waals surface area (Å²) in [6, 6.07) is 11.8. The third-order valence-electron chi connectivity index (χ3n) is 3.38. The minimum atomic E-state index is 0.124. The Morgan fingerprint density at radius 1 is 1.33 bits per heavy atom. The molecule has 0 unspecified atom stereocenters. The maximum Gasteiger partial charge on any atom is 0.172 e. The number of likely N-dealkylation sites (N-methyl/N-ethyl adjacent to an activating group) is 1. The number of aryl methyl sites for hydroxylation is 1. The van der Waals surface area contributed by atoms with Gasteiger partial charge < -0.3 is 15.8 Å². The molecule has 0 saturated carbocycles. The molecule has 0 radical (unpaired) electrons. The lowest BCUT2D eigenvalue weighted by Crippen LogP contribution is -2.25. The van der Waals surface area contributed by atoms with Crippen LogP contribution in [-0.2, 0) is 6.42 Å². The summed E-state index contributed by atoms with van der Waals surface area (Å²) in [7, 11) is 1.99. The number of anilines is 1. The molecule has 0 fully saturated rings. The summed E-state index contributed by atoms with van der Waals surface area (Å²) in [5.74, 6) is 0.124. The molecule has 2 rings (SSSR count). The Balaban J connectivity index is 2.17. The van der Waals surface area contributed by atoms with E-state index < -0.39 is 0 Å². The van der Waals surface area contributed by atoms with Crippen molar-refractivity contribution >= 4 is 11.5 Å². The van der Waals surface area contributed by atoms with E-state index in [0.29, 0.717) is 0 Å². The van der Waals surface area contributed by atoms with Gasteiger partial charge in [0.1, 0.15) is 0 Å². The maximum atomic E-state index is 8.93. The monoisotopic (exact) mass is 284 g/mol. The van der Waals surface area contributed by atoms with Gasteiger partial charge in [0.2, 0.25) is 0 Å². The first kappa shape index (κ1) is 14.8. The molecule has 0 saturated heterocycles. The smallest absolute Gasteiger partial charge is 0.172 e. The molecular weight excluding hydrogens is 264 g/mol. The quantitative estimate of drug-likeness (QED) is 0.382. The van der Waals surface area contributed by atoms with Gasteiger partial charge in [-0.15, -0.1) is 0 Å². The van der Waals surface area contributed by atoms with Crippen molar-refractivity contribution < 1.29 is 5.21 Å². The maximum absolute atomic E-state index is 8.93. The topological polar surface area (TPSA) is 74.7 Å². The zero-order valence-corrected chi connectivity index (χ0v) is 12.3. The number of rotatable bonds is 5. The van der Waals surface area contributed by atoms with Crippen LogP contribution >= 0.6 is 0 Å². The highest BCUT2D eigenvalue weighted by Crippen LogP contribution is 2.21. The predicted octanol–water partition coefficient (Wildman–Crippen LogP) is 2.16. The molecule has 0 bridgehead atoms. The van der Waals surface area contributed by atoms with E-state index >= 15 is 0 Å². The highest BCUT2D eigenvalue weighted by atomic mass is 16.4. The van der Waals surface area contributed by atoms with Crippen LogP contribution in [0.4, 0.5) is 5.69 Å². The van der Waals surface area contributed by atoms with Crippen molar-refractivity contribution in [2.75, 3.05) is 18.5 Å². The van der Waals surface area contributed by atoms with Crippen LogP contribution in [0.5, 0.6) is 0 Å². The van der Waals surface area contributed by atoms with E-state index in [0.717, 1.165) is 35.5 Å². The second-order valence-electron chi connectivity index (χ2n) is 5.00. The minimum Gasteiger partial charge on any atom is -0.409 e. The fourth-order valence-corrected chi connectivity index (χ4v) is 2.19. The Morgan fingerprint density at radius 3 is 2.81 bits per heavy atom. The van der Waals surface area contributed by atoms with Gasteiger partial charge in [0.25, 0.3) is 0 Å². The van der Waals surface area contributed by atoms with Gasteiger partial charge in [0, 0.05) is 43.2 Å². The van der Waals surface area contributed by atoms with Crippen LogP contribution in [0.3, 0.4) is 0 Å². The van der Waals surface area contributed by atoms with Gasteiger partial charge in [-0.1, -0.05) is 22.9 Å². The highest BCUT2D eigenvalue weighted by molar-refractivity contribution is 6.02. The van der Waals surface area contributed by atoms with Gasteiger partial charge in [-0.05, 0) is 31.2 Å². The normalized spacial score (nSPS) is 11.4. The minimum absolute atomic E-state index is 0.124. The Labute approximate surface area is 124 Å². The van der Waals surface area contributed by atoms with Gasteiger partial charge in [-0.3, -0.25) is 4.98 Å². The average Bonchev–Trinajstić information content (AvgIpc) is 2.52. The van der Waals surface area contributed by atoms with Crippen LogP contribution in [0.1, 0.15) is 16.8 Å². The van der Waals surface area contributed by atoms with Crippen molar-refractivity contribution in [1.82, 2.24) is 4.98 Å². The summed E-state index contributed by atoms with van der Waals surface area (Å²) >= 11 is 0. The second kappa shape index (κ2) is 6.74. The van der Waals surface area contributed by atoms with E-state index in [-0.39, 0.29) is 5.84 Å².